The van der Waals surface area contributed by atoms with Gasteiger partial charge in [-0.2, -0.15) is 5.26 Å². The van der Waals surface area contributed by atoms with E-state index in [2.05, 4.69) is 6.07 Å². The largest absolute Gasteiger partial charge is 0.338 e. The molecule has 3 nitrogen and oxygen atoms in total. The first-order valence-corrected chi connectivity index (χ1v) is 6.78. The molecule has 1 unspecified atom stereocenters. The van der Waals surface area contributed by atoms with E-state index in [0.717, 1.165) is 19.4 Å². The van der Waals surface area contributed by atoms with E-state index in [1.807, 2.05) is 4.90 Å². The van der Waals surface area contributed by atoms with Crippen LogP contribution in [0.1, 0.15) is 52.4 Å². The van der Waals surface area contributed by atoms with Crippen LogP contribution in [0.3, 0.4) is 0 Å². The molecule has 0 aromatic heterocycles. The summed E-state index contributed by atoms with van der Waals surface area (Å²) in [7, 11) is 0. The number of amides is 1. The maximum absolute atomic E-state index is 12.4. The third-order valence-corrected chi connectivity index (χ3v) is 4.32. The molecule has 0 N–H and O–H groups in total. The Morgan fingerprint density at radius 3 is 2.47 bits per heavy atom. The van der Waals surface area contributed by atoms with E-state index in [1.165, 1.54) is 25.7 Å². The number of hydrogen-bond donors (Lipinski definition) is 0. The SMILES string of the molecule is CC(C)(C#N)C(=O)N1CCCC1C1CCCC1. The number of rotatable bonds is 2. The lowest BCUT2D eigenvalue weighted by atomic mass is 9.90. The summed E-state index contributed by atoms with van der Waals surface area (Å²) in [5, 5.41) is 9.08. The van der Waals surface area contributed by atoms with Gasteiger partial charge in [-0.15, -0.1) is 0 Å². The highest BCUT2D eigenvalue weighted by molar-refractivity contribution is 5.85. The van der Waals surface area contributed by atoms with Gasteiger partial charge in [0.25, 0.3) is 0 Å². The molecule has 1 saturated heterocycles. The van der Waals surface area contributed by atoms with Crippen LogP contribution in [0.25, 0.3) is 0 Å². The number of likely N-dealkylation sites (tertiary alicyclic amines) is 1. The molecule has 2 fully saturated rings. The van der Waals surface area contributed by atoms with Crippen LogP contribution in [0.15, 0.2) is 0 Å². The topological polar surface area (TPSA) is 44.1 Å². The smallest absolute Gasteiger partial charge is 0.242 e. The van der Waals surface area contributed by atoms with Crippen molar-refractivity contribution in [3.8, 4) is 6.07 Å². The molecular weight excluding hydrogens is 212 g/mol. The van der Waals surface area contributed by atoms with Gasteiger partial charge in [0.15, 0.2) is 0 Å². The van der Waals surface area contributed by atoms with Crippen LogP contribution in [0.5, 0.6) is 0 Å². The van der Waals surface area contributed by atoms with Gasteiger partial charge in [0, 0.05) is 12.6 Å². The van der Waals surface area contributed by atoms with Gasteiger partial charge >= 0.3 is 0 Å². The molecule has 1 aliphatic heterocycles. The number of carbonyl (C=O) groups excluding carboxylic acids is 1. The summed E-state index contributed by atoms with van der Waals surface area (Å²) in [4.78, 5) is 14.4. The van der Waals surface area contributed by atoms with E-state index < -0.39 is 5.41 Å². The molecule has 0 spiro atoms. The van der Waals surface area contributed by atoms with Crippen molar-refractivity contribution in [3.05, 3.63) is 0 Å². The minimum Gasteiger partial charge on any atom is -0.338 e. The third kappa shape index (κ3) is 2.31. The molecule has 1 heterocycles. The maximum Gasteiger partial charge on any atom is 0.242 e. The fourth-order valence-electron chi connectivity index (χ4n) is 3.28. The quantitative estimate of drug-likeness (QED) is 0.737. The second-order valence-corrected chi connectivity index (χ2v) is 5.99. The Labute approximate surface area is 104 Å². The summed E-state index contributed by atoms with van der Waals surface area (Å²) >= 11 is 0. The Bertz CT molecular complexity index is 337. The lowest BCUT2D eigenvalue weighted by Gasteiger charge is -2.32. The van der Waals surface area contributed by atoms with Crippen LogP contribution in [0.2, 0.25) is 0 Å². The van der Waals surface area contributed by atoms with Crippen LogP contribution in [-0.2, 0) is 4.79 Å². The van der Waals surface area contributed by atoms with Crippen molar-refractivity contribution in [1.29, 1.82) is 5.26 Å². The molecule has 17 heavy (non-hydrogen) atoms. The number of nitriles is 1. The summed E-state index contributed by atoms with van der Waals surface area (Å²) in [5.74, 6) is 0.727. The highest BCUT2D eigenvalue weighted by atomic mass is 16.2. The molecule has 94 valence electrons. The third-order valence-electron chi connectivity index (χ3n) is 4.32. The average molecular weight is 234 g/mol. The van der Waals surface area contributed by atoms with Crippen molar-refractivity contribution < 1.29 is 4.79 Å². The number of carbonyl (C=O) groups is 1. The van der Waals surface area contributed by atoms with Gasteiger partial charge < -0.3 is 4.90 Å². The van der Waals surface area contributed by atoms with Gasteiger partial charge in [-0.05, 0) is 45.4 Å². The Morgan fingerprint density at radius 2 is 1.88 bits per heavy atom. The minimum atomic E-state index is -0.860. The molecule has 0 radical (unpaired) electrons. The Kier molecular flexibility index (Phi) is 3.42. The molecule has 1 saturated carbocycles. The second-order valence-electron chi connectivity index (χ2n) is 5.99. The number of hydrogen-bond acceptors (Lipinski definition) is 2. The summed E-state index contributed by atoms with van der Waals surface area (Å²) in [6.45, 7) is 4.32. The summed E-state index contributed by atoms with van der Waals surface area (Å²) in [5.41, 5.74) is -0.860. The molecule has 0 aromatic carbocycles. The molecule has 1 amide bonds. The van der Waals surface area contributed by atoms with Crippen molar-refractivity contribution in [2.45, 2.75) is 58.4 Å². The van der Waals surface area contributed by atoms with E-state index in [4.69, 9.17) is 5.26 Å². The zero-order chi connectivity index (χ0) is 12.5. The summed E-state index contributed by atoms with van der Waals surface area (Å²) in [6, 6.07) is 2.55. The van der Waals surface area contributed by atoms with Gasteiger partial charge in [0.2, 0.25) is 5.91 Å². The molecule has 2 rings (SSSR count). The van der Waals surface area contributed by atoms with Crippen molar-refractivity contribution in [1.82, 2.24) is 4.90 Å². The fourth-order valence-corrected chi connectivity index (χ4v) is 3.28. The van der Waals surface area contributed by atoms with Gasteiger partial charge in [-0.1, -0.05) is 12.8 Å². The van der Waals surface area contributed by atoms with E-state index in [1.54, 1.807) is 13.8 Å². The first kappa shape index (κ1) is 12.4. The first-order chi connectivity index (χ1) is 8.06. The normalized spacial score (nSPS) is 26.2. The fraction of sp³-hybridized carbons (Fsp3) is 0.857. The van der Waals surface area contributed by atoms with E-state index in [-0.39, 0.29) is 5.91 Å². The molecule has 1 aliphatic carbocycles. The summed E-state index contributed by atoms with van der Waals surface area (Å²) < 4.78 is 0. The van der Waals surface area contributed by atoms with Gasteiger partial charge in [-0.25, -0.2) is 0 Å². The van der Waals surface area contributed by atoms with Crippen LogP contribution >= 0.6 is 0 Å². The lowest BCUT2D eigenvalue weighted by Crippen LogP contribution is -2.45. The molecule has 2 aliphatic rings. The predicted octanol–water partition coefficient (Wildman–Crippen LogP) is 2.72. The summed E-state index contributed by atoms with van der Waals surface area (Å²) in [6.07, 6.45) is 7.39. The molecule has 0 bridgehead atoms. The maximum atomic E-state index is 12.4. The number of nitrogens with zero attached hydrogens (tertiary/aromatic N) is 2. The van der Waals surface area contributed by atoms with Gasteiger partial charge in [-0.3, -0.25) is 4.79 Å². The van der Waals surface area contributed by atoms with E-state index in [0.29, 0.717) is 12.0 Å². The highest BCUT2D eigenvalue weighted by Gasteiger charge is 2.41. The minimum absolute atomic E-state index is 0.0365. The molecule has 0 aromatic rings. The van der Waals surface area contributed by atoms with Crippen LogP contribution < -0.4 is 0 Å². The van der Waals surface area contributed by atoms with E-state index >= 15 is 0 Å². The van der Waals surface area contributed by atoms with Gasteiger partial charge in [0.1, 0.15) is 5.41 Å². The molecule has 1 atom stereocenters. The zero-order valence-electron chi connectivity index (χ0n) is 10.9. The van der Waals surface area contributed by atoms with Crippen molar-refractivity contribution in [2.75, 3.05) is 6.54 Å². The Morgan fingerprint density at radius 1 is 1.24 bits per heavy atom. The first-order valence-electron chi connectivity index (χ1n) is 6.78. The zero-order valence-corrected chi connectivity index (χ0v) is 10.9. The van der Waals surface area contributed by atoms with Crippen molar-refractivity contribution >= 4 is 5.91 Å². The van der Waals surface area contributed by atoms with Crippen molar-refractivity contribution in [3.63, 3.8) is 0 Å². The standard InChI is InChI=1S/C14H22N2O/c1-14(2,10-15)13(17)16-9-5-8-12(16)11-6-3-4-7-11/h11-12H,3-9H2,1-2H3. The van der Waals surface area contributed by atoms with Crippen LogP contribution in [0, 0.1) is 22.7 Å². The van der Waals surface area contributed by atoms with Gasteiger partial charge in [0.05, 0.1) is 6.07 Å². The molecular formula is C14H22N2O. The predicted molar refractivity (Wildman–Crippen MR) is 66.1 cm³/mol. The van der Waals surface area contributed by atoms with Crippen molar-refractivity contribution in [2.24, 2.45) is 11.3 Å². The Balaban J connectivity index is 2.09. The monoisotopic (exact) mass is 234 g/mol. The highest BCUT2D eigenvalue weighted by Crippen LogP contribution is 2.37. The Hall–Kier alpha value is -1.04. The lowest BCUT2D eigenvalue weighted by molar-refractivity contribution is -0.139. The van der Waals surface area contributed by atoms with Crippen LogP contribution in [0.4, 0.5) is 0 Å². The second kappa shape index (κ2) is 4.68. The van der Waals surface area contributed by atoms with E-state index in [9.17, 15) is 4.79 Å². The van der Waals surface area contributed by atoms with Crippen LogP contribution in [-0.4, -0.2) is 23.4 Å². The average Bonchev–Trinajstić information content (AvgIpc) is 2.97. The molecule has 3 heteroatoms.